The molecule has 0 aromatic heterocycles. The van der Waals surface area contributed by atoms with Crippen LogP contribution in [0.1, 0.15) is 35.7 Å². The average molecular weight is 571 g/mol. The molecule has 38 heavy (non-hydrogen) atoms. The van der Waals surface area contributed by atoms with Crippen molar-refractivity contribution in [2.24, 2.45) is 5.92 Å². The van der Waals surface area contributed by atoms with E-state index >= 15 is 0 Å². The third-order valence-corrected chi connectivity index (χ3v) is 8.44. The normalized spacial score (nSPS) is 20.0. The number of hydrogen-bond donors (Lipinski definition) is 0. The molecule has 0 spiro atoms. The van der Waals surface area contributed by atoms with Crippen molar-refractivity contribution in [3.8, 4) is 11.5 Å². The molecule has 0 fully saturated rings. The van der Waals surface area contributed by atoms with Crippen molar-refractivity contribution in [3.05, 3.63) is 108 Å². The van der Waals surface area contributed by atoms with Crippen molar-refractivity contribution in [3.63, 3.8) is 0 Å². The van der Waals surface area contributed by atoms with Crippen LogP contribution >= 0.6 is 7.81 Å². The number of halogens is 6. The second-order valence-electron chi connectivity index (χ2n) is 9.14. The fraction of sp³-hybridized carbons (Fsp3) is 0.143. The van der Waals surface area contributed by atoms with Crippen LogP contribution < -0.4 is 4.74 Å². The second kappa shape index (κ2) is 9.54. The Labute approximate surface area is 218 Å². The number of rotatable bonds is 4. The van der Waals surface area contributed by atoms with Gasteiger partial charge in [-0.25, -0.2) is 0 Å². The van der Waals surface area contributed by atoms with Gasteiger partial charge in [0, 0.05) is 0 Å². The zero-order chi connectivity index (χ0) is 27.8. The molecule has 0 saturated heterocycles. The molecule has 2 nitrogen and oxygen atoms in total. The van der Waals surface area contributed by atoms with E-state index < -0.39 is 18.3 Å². The molecule has 2 atom stereocenters. The van der Waals surface area contributed by atoms with Crippen LogP contribution in [0.15, 0.2) is 107 Å². The number of thiol groups is 1. The summed E-state index contributed by atoms with van der Waals surface area (Å²) in [5.41, 5.74) is 2.10. The molecule has 2 aliphatic rings. The van der Waals surface area contributed by atoms with Gasteiger partial charge < -0.3 is 4.74 Å². The molecular weight excluding hydrogens is 545 g/mol. The maximum absolute atomic E-state index is 13.3. The Balaban J connectivity index is 0.000000426. The van der Waals surface area contributed by atoms with Crippen LogP contribution in [0.2, 0.25) is 0 Å². The molecule has 2 unspecified atom stereocenters. The Morgan fingerprint density at radius 3 is 2.03 bits per heavy atom. The second-order valence-corrected chi connectivity index (χ2v) is 13.2. The first kappa shape index (κ1) is 27.9. The van der Waals surface area contributed by atoms with Crippen LogP contribution in [0, 0.1) is 5.92 Å². The van der Waals surface area contributed by atoms with E-state index in [-0.39, 0.29) is 11.7 Å². The van der Waals surface area contributed by atoms with Gasteiger partial charge in [0.15, 0.2) is 5.78 Å². The predicted octanol–water partition coefficient (Wildman–Crippen LogP) is 9.86. The fourth-order valence-corrected chi connectivity index (χ4v) is 6.81. The average Bonchev–Trinajstić information content (AvgIpc) is 2.84. The Hall–Kier alpha value is -3.16. The van der Waals surface area contributed by atoms with E-state index in [9.17, 15) is 30.0 Å². The molecule has 0 radical (unpaired) electrons. The quantitative estimate of drug-likeness (QED) is 0.103. The van der Waals surface area contributed by atoms with E-state index in [0.717, 1.165) is 22.0 Å². The van der Waals surface area contributed by atoms with E-state index in [2.05, 4.69) is 56.3 Å². The van der Waals surface area contributed by atoms with Gasteiger partial charge >= 0.3 is 33.0 Å². The number of allylic oxidation sites excluding steroid dienone is 4. The molecule has 202 valence electrons. The Morgan fingerprint density at radius 2 is 1.42 bits per heavy atom. The summed E-state index contributed by atoms with van der Waals surface area (Å²) < 4.78 is 65.2. The topological polar surface area (TPSA) is 26.3 Å². The summed E-state index contributed by atoms with van der Waals surface area (Å²) in [6.45, 7) is 4.34. The molecule has 0 amide bonds. The van der Waals surface area contributed by atoms with Gasteiger partial charge in [-0.1, -0.05) is 66.8 Å². The standard InChI is InChI=1S/C28H24O2S.F6P/c1-19(2)20-12-17-27-25(18-20)28(29)24-10-6-7-11-26(24)31(27)23-15-13-22(14-16-23)30-21-8-4-3-5-9-21;1-7(2,3,4,5)6/h3-19,24H,1-2H3;/q;-1/p+1. The molecule has 3 aromatic carbocycles. The summed E-state index contributed by atoms with van der Waals surface area (Å²) in [7, 11) is -11.4. The number of benzene rings is 3. The van der Waals surface area contributed by atoms with Crippen LogP contribution in [-0.4, -0.2) is 10.6 Å². The molecule has 1 heterocycles. The molecule has 1 aliphatic heterocycles. The molecule has 5 rings (SSSR count). The van der Waals surface area contributed by atoms with E-state index in [0.29, 0.717) is 5.92 Å². The summed E-state index contributed by atoms with van der Waals surface area (Å²) >= 11 is 0. The van der Waals surface area contributed by atoms with Crippen molar-refractivity contribution in [2.75, 3.05) is 0 Å². The Bertz CT molecular complexity index is 1450. The Morgan fingerprint density at radius 1 is 0.816 bits per heavy atom. The van der Waals surface area contributed by atoms with Crippen molar-refractivity contribution < 1.29 is 34.7 Å². The van der Waals surface area contributed by atoms with E-state index in [1.54, 1.807) is 0 Å². The number of carbonyl (C=O) groups excluding carboxylic acids is 1. The van der Waals surface area contributed by atoms with Gasteiger partial charge in [0.2, 0.25) is 0 Å². The molecule has 0 bridgehead atoms. The molecule has 3 aromatic rings. The van der Waals surface area contributed by atoms with Crippen LogP contribution in [0.25, 0.3) is 0 Å². The van der Waals surface area contributed by atoms with Crippen LogP contribution in [-0.2, 0) is 10.5 Å². The predicted molar refractivity (Wildman–Crippen MR) is 143 cm³/mol. The minimum absolute atomic E-state index is 0.161. The summed E-state index contributed by atoms with van der Waals surface area (Å²) in [5, 5.41) is 0. The summed E-state index contributed by atoms with van der Waals surface area (Å²) in [4.78, 5) is 17.0. The molecule has 10 heteroatoms. The summed E-state index contributed by atoms with van der Waals surface area (Å²) in [6, 6.07) is 24.6. The molecule has 0 N–H and O–H groups in total. The van der Waals surface area contributed by atoms with Gasteiger partial charge in [-0.15, -0.1) is 0 Å². The Kier molecular flexibility index (Phi) is 7.00. The molecular formula is C28H25F6O2PS. The first-order chi connectivity index (χ1) is 17.6. The molecule has 1 aliphatic carbocycles. The fourth-order valence-electron chi connectivity index (χ4n) is 4.15. The van der Waals surface area contributed by atoms with E-state index in [1.807, 2.05) is 54.6 Å². The summed E-state index contributed by atoms with van der Waals surface area (Å²) in [6.07, 6.45) is 8.23. The van der Waals surface area contributed by atoms with Gasteiger partial charge in [-0.2, -0.15) is 0 Å². The minimum atomic E-state index is -10.7. The SMILES string of the molecule is CC(C)c1ccc2c(c1)C(=O)C1C=CC=CC1=[SH+]2c1ccc(Oc2ccccc2)cc1.F[P-](F)(F)(F)(F)F. The third kappa shape index (κ3) is 7.45. The van der Waals surface area contributed by atoms with Crippen LogP contribution in [0.4, 0.5) is 25.2 Å². The van der Waals surface area contributed by atoms with Gasteiger partial charge in [0.05, 0.1) is 5.56 Å². The number of Topliss-reactive ketones (excluding diaryl/α,β-unsaturated/α-hetero) is 1. The number of hydrogen-bond acceptors (Lipinski definition) is 2. The van der Waals surface area contributed by atoms with Gasteiger partial charge in [0.25, 0.3) is 0 Å². The van der Waals surface area contributed by atoms with Gasteiger partial charge in [0.1, 0.15) is 32.1 Å². The van der Waals surface area contributed by atoms with Gasteiger partial charge in [-0.3, -0.25) is 4.79 Å². The van der Waals surface area contributed by atoms with Crippen LogP contribution in [0.5, 0.6) is 11.5 Å². The number of fused-ring (bicyclic) bond motifs is 2. The number of ketones is 1. The van der Waals surface area contributed by atoms with E-state index in [4.69, 9.17) is 4.74 Å². The zero-order valence-corrected chi connectivity index (χ0v) is 22.2. The van der Waals surface area contributed by atoms with Crippen molar-refractivity contribution in [1.29, 1.82) is 0 Å². The maximum atomic E-state index is 13.3. The van der Waals surface area contributed by atoms with Crippen LogP contribution in [0.3, 0.4) is 0 Å². The summed E-state index contributed by atoms with van der Waals surface area (Å²) in [5.74, 6) is 2.09. The molecule has 0 saturated carbocycles. The zero-order valence-electron chi connectivity index (χ0n) is 20.4. The van der Waals surface area contributed by atoms with Crippen molar-refractivity contribution >= 4 is 28.9 Å². The van der Waals surface area contributed by atoms with Gasteiger partial charge in [-0.05, 0) is 66.1 Å². The number of carbonyl (C=O) groups is 1. The van der Waals surface area contributed by atoms with Crippen molar-refractivity contribution in [2.45, 2.75) is 29.6 Å². The van der Waals surface area contributed by atoms with E-state index in [1.165, 1.54) is 15.3 Å². The number of para-hydroxylation sites is 1. The first-order valence-electron chi connectivity index (χ1n) is 11.7. The third-order valence-electron chi connectivity index (χ3n) is 5.81. The first-order valence-corrected chi connectivity index (χ1v) is 15.0. The number of ether oxygens (including phenoxy) is 1. The monoisotopic (exact) mass is 570 g/mol. The van der Waals surface area contributed by atoms with Crippen molar-refractivity contribution in [1.82, 2.24) is 0 Å².